The number of fused-ring (bicyclic) bond motifs is 1. The lowest BCUT2D eigenvalue weighted by atomic mass is 10.1. The maximum absolute atomic E-state index is 11.7. The maximum Gasteiger partial charge on any atom is 0.335 e. The molecule has 0 spiro atoms. The summed E-state index contributed by atoms with van der Waals surface area (Å²) in [6, 6.07) is 13.5. The Bertz CT molecular complexity index is 906. The Kier molecular flexibility index (Phi) is 8.52. The van der Waals surface area contributed by atoms with Crippen molar-refractivity contribution in [1.82, 2.24) is 10.2 Å². The molecule has 0 aliphatic heterocycles. The minimum atomic E-state index is -0.991. The highest BCUT2D eigenvalue weighted by atomic mass is 16.5. The summed E-state index contributed by atoms with van der Waals surface area (Å²) in [6.45, 7) is 4.16. The minimum absolute atomic E-state index is 0.157. The van der Waals surface area contributed by atoms with Crippen molar-refractivity contribution in [2.45, 2.75) is 20.5 Å². The lowest BCUT2D eigenvalue weighted by Gasteiger charge is -2.08. The monoisotopic (exact) mass is 357 g/mol. The van der Waals surface area contributed by atoms with Crippen molar-refractivity contribution >= 4 is 16.7 Å². The van der Waals surface area contributed by atoms with Gasteiger partial charge < -0.3 is 15.6 Å². The number of nitrogens with one attached hydrogen (secondary N) is 1. The summed E-state index contributed by atoms with van der Waals surface area (Å²) in [6.07, 6.45) is 0. The molecule has 0 amide bonds. The number of aromatic nitrogens is 2. The van der Waals surface area contributed by atoms with Crippen LogP contribution in [-0.2, 0) is 6.61 Å². The Labute approximate surface area is 151 Å². The predicted molar refractivity (Wildman–Crippen MR) is 102 cm³/mol. The zero-order valence-corrected chi connectivity index (χ0v) is 15.0. The van der Waals surface area contributed by atoms with E-state index in [2.05, 4.69) is 15.9 Å². The maximum atomic E-state index is 11.7. The van der Waals surface area contributed by atoms with Crippen LogP contribution < -0.4 is 16.0 Å². The van der Waals surface area contributed by atoms with Crippen LogP contribution in [0.15, 0.2) is 53.3 Å². The van der Waals surface area contributed by atoms with Crippen molar-refractivity contribution < 1.29 is 14.6 Å². The zero-order valence-electron chi connectivity index (χ0n) is 15.0. The summed E-state index contributed by atoms with van der Waals surface area (Å²) in [5.41, 5.74) is 5.12. The molecule has 7 nitrogen and oxygen atoms in total. The smallest absolute Gasteiger partial charge is 0.335 e. The lowest BCUT2D eigenvalue weighted by Crippen LogP contribution is -2.10. The van der Waals surface area contributed by atoms with E-state index in [-0.39, 0.29) is 17.7 Å². The van der Waals surface area contributed by atoms with Gasteiger partial charge >= 0.3 is 5.97 Å². The highest BCUT2D eigenvalue weighted by Crippen LogP contribution is 2.20. The number of nitrogens with zero attached hydrogens (tertiary/aromatic N) is 1. The van der Waals surface area contributed by atoms with E-state index in [9.17, 15) is 9.59 Å². The average molecular weight is 357 g/mol. The zero-order chi connectivity index (χ0) is 19.5. The Morgan fingerprint density at radius 1 is 1.12 bits per heavy atom. The Morgan fingerprint density at radius 3 is 2.42 bits per heavy atom. The van der Waals surface area contributed by atoms with Gasteiger partial charge in [-0.15, -0.1) is 5.10 Å². The number of benzene rings is 2. The fourth-order valence-electron chi connectivity index (χ4n) is 2.15. The third-order valence-corrected chi connectivity index (χ3v) is 3.21. The largest absolute Gasteiger partial charge is 0.478 e. The molecule has 26 heavy (non-hydrogen) atoms. The molecule has 7 heteroatoms. The molecule has 138 valence electrons. The number of carboxylic acid groups (broad SMARTS) is 1. The van der Waals surface area contributed by atoms with Crippen LogP contribution in [0.3, 0.4) is 0 Å². The highest BCUT2D eigenvalue weighted by Gasteiger charge is 2.08. The molecule has 0 atom stereocenters. The van der Waals surface area contributed by atoms with Gasteiger partial charge in [-0.1, -0.05) is 38.1 Å². The predicted octanol–water partition coefficient (Wildman–Crippen LogP) is 2.80. The van der Waals surface area contributed by atoms with Gasteiger partial charge in [0.05, 0.1) is 16.3 Å². The molecule has 0 radical (unpaired) electrons. The van der Waals surface area contributed by atoms with E-state index in [1.54, 1.807) is 36.4 Å². The fourth-order valence-corrected chi connectivity index (χ4v) is 2.15. The number of aromatic amines is 1. The summed E-state index contributed by atoms with van der Waals surface area (Å²) in [5.74, 6) is -0.689. The number of carboxylic acids is 1. The second-order valence-corrected chi connectivity index (χ2v) is 4.70. The number of hydrogen-bond donors (Lipinski definition) is 3. The first-order valence-corrected chi connectivity index (χ1v) is 8.15. The first kappa shape index (κ1) is 20.9. The molecule has 4 N–H and O–H groups in total. The number of rotatable bonds is 4. The molecule has 0 unspecified atom stereocenters. The number of aromatic carboxylic acids is 1. The van der Waals surface area contributed by atoms with E-state index < -0.39 is 5.97 Å². The van der Waals surface area contributed by atoms with E-state index >= 15 is 0 Å². The molecule has 0 saturated carbocycles. The SMILES string of the molecule is CC.CN.O=C(O)c1cccc(COc2n[nH]c(=O)c3ccccc23)c1. The van der Waals surface area contributed by atoms with Crippen LogP contribution in [0.5, 0.6) is 5.88 Å². The molecule has 3 rings (SSSR count). The summed E-state index contributed by atoms with van der Waals surface area (Å²) >= 11 is 0. The molecule has 0 bridgehead atoms. The van der Waals surface area contributed by atoms with E-state index in [4.69, 9.17) is 9.84 Å². The molecule has 0 aliphatic rings. The molecular weight excluding hydrogens is 334 g/mol. The average Bonchev–Trinajstić information content (AvgIpc) is 2.71. The number of ether oxygens (including phenoxy) is 1. The second-order valence-electron chi connectivity index (χ2n) is 4.70. The Morgan fingerprint density at radius 2 is 1.77 bits per heavy atom. The van der Waals surface area contributed by atoms with Crippen LogP contribution in [0.2, 0.25) is 0 Å². The van der Waals surface area contributed by atoms with Crippen molar-refractivity contribution in [1.29, 1.82) is 0 Å². The standard InChI is InChI=1S/C16H12N2O4.C2H6.CH5N/c19-14-12-6-1-2-7-13(12)15(18-17-14)22-9-10-4-3-5-11(8-10)16(20)21;2*1-2/h1-8H,9H2,(H,17,19)(H,20,21);1-2H3;2H2,1H3. The van der Waals surface area contributed by atoms with Gasteiger partial charge in [-0.3, -0.25) is 4.79 Å². The fraction of sp³-hybridized carbons (Fsp3) is 0.211. The molecule has 1 aromatic heterocycles. The molecule has 0 saturated heterocycles. The van der Waals surface area contributed by atoms with Crippen molar-refractivity contribution in [2.75, 3.05) is 7.05 Å². The summed E-state index contributed by atoms with van der Waals surface area (Å²) < 4.78 is 5.62. The molecule has 0 fully saturated rings. The summed E-state index contributed by atoms with van der Waals surface area (Å²) in [5, 5.41) is 16.4. The van der Waals surface area contributed by atoms with Gasteiger partial charge in [0.25, 0.3) is 5.56 Å². The van der Waals surface area contributed by atoms with E-state index in [1.807, 2.05) is 13.8 Å². The van der Waals surface area contributed by atoms with Crippen molar-refractivity contribution in [3.63, 3.8) is 0 Å². The van der Waals surface area contributed by atoms with Crippen LogP contribution in [0.4, 0.5) is 0 Å². The third-order valence-electron chi connectivity index (χ3n) is 3.21. The van der Waals surface area contributed by atoms with Crippen LogP contribution >= 0.6 is 0 Å². The first-order chi connectivity index (χ1) is 12.6. The number of carbonyl (C=O) groups is 1. The van der Waals surface area contributed by atoms with Crippen LogP contribution in [0.1, 0.15) is 29.8 Å². The van der Waals surface area contributed by atoms with Crippen molar-refractivity contribution in [2.24, 2.45) is 5.73 Å². The lowest BCUT2D eigenvalue weighted by molar-refractivity contribution is 0.0696. The van der Waals surface area contributed by atoms with Gasteiger partial charge in [-0.2, -0.15) is 0 Å². The van der Waals surface area contributed by atoms with Crippen LogP contribution in [-0.4, -0.2) is 28.3 Å². The first-order valence-electron chi connectivity index (χ1n) is 8.15. The number of H-pyrrole nitrogens is 1. The second kappa shape index (κ2) is 10.6. The van der Waals surface area contributed by atoms with Gasteiger partial charge in [-0.05, 0) is 36.9 Å². The Balaban J connectivity index is 0.000000791. The number of nitrogens with two attached hydrogens (primary N) is 1. The van der Waals surface area contributed by atoms with Crippen LogP contribution in [0, 0.1) is 0 Å². The highest BCUT2D eigenvalue weighted by molar-refractivity contribution is 5.87. The molecule has 0 aliphatic carbocycles. The normalized spacial score (nSPS) is 9.38. The van der Waals surface area contributed by atoms with Gasteiger partial charge in [0.1, 0.15) is 6.61 Å². The topological polar surface area (TPSA) is 118 Å². The van der Waals surface area contributed by atoms with Gasteiger partial charge in [0, 0.05) is 0 Å². The van der Waals surface area contributed by atoms with Gasteiger partial charge in [-0.25, -0.2) is 9.89 Å². The molecule has 2 aromatic carbocycles. The van der Waals surface area contributed by atoms with Gasteiger partial charge in [0.2, 0.25) is 5.88 Å². The Hall–Kier alpha value is -3.19. The summed E-state index contributed by atoms with van der Waals surface area (Å²) in [7, 11) is 1.50. The van der Waals surface area contributed by atoms with Crippen LogP contribution in [0.25, 0.3) is 10.8 Å². The molecular formula is C19H23N3O4. The molecule has 3 aromatic rings. The van der Waals surface area contributed by atoms with E-state index in [0.29, 0.717) is 22.2 Å². The number of hydrogen-bond acceptors (Lipinski definition) is 5. The third kappa shape index (κ3) is 5.15. The van der Waals surface area contributed by atoms with Crippen molar-refractivity contribution in [3.05, 3.63) is 70.0 Å². The van der Waals surface area contributed by atoms with E-state index in [0.717, 1.165) is 0 Å². The van der Waals surface area contributed by atoms with Crippen molar-refractivity contribution in [3.8, 4) is 5.88 Å². The molecule has 1 heterocycles. The quantitative estimate of drug-likeness (QED) is 0.661. The van der Waals surface area contributed by atoms with E-state index in [1.165, 1.54) is 19.2 Å². The minimum Gasteiger partial charge on any atom is -0.478 e. The summed E-state index contributed by atoms with van der Waals surface area (Å²) in [4.78, 5) is 22.6. The van der Waals surface area contributed by atoms with Gasteiger partial charge in [0.15, 0.2) is 0 Å².